The van der Waals surface area contributed by atoms with Crippen LogP contribution >= 0.6 is 0 Å². The summed E-state index contributed by atoms with van der Waals surface area (Å²) in [7, 11) is 3.61. The molecule has 0 saturated heterocycles. The largest absolute Gasteiger partial charge is 0.454 e. The summed E-state index contributed by atoms with van der Waals surface area (Å²) in [6.45, 7) is 0.211. The average Bonchev–Trinajstić information content (AvgIpc) is 2.85. The van der Waals surface area contributed by atoms with Crippen molar-refractivity contribution in [2.45, 2.75) is 0 Å². The Morgan fingerprint density at radius 3 is 2.75 bits per heavy atom. The lowest BCUT2D eigenvalue weighted by molar-refractivity contribution is 0.174. The molecule has 8 nitrogen and oxygen atoms in total. The molecule has 20 heavy (non-hydrogen) atoms. The monoisotopic (exact) mass is 275 g/mol. The molecule has 2 heterocycles. The fourth-order valence-electron chi connectivity index (χ4n) is 1.65. The lowest BCUT2D eigenvalue weighted by Gasteiger charge is -2.11. The number of benzene rings is 1. The van der Waals surface area contributed by atoms with Gasteiger partial charge in [0, 0.05) is 20.2 Å². The van der Waals surface area contributed by atoms with Gasteiger partial charge in [-0.2, -0.15) is 15.0 Å². The molecule has 2 N–H and O–H groups in total. The zero-order valence-corrected chi connectivity index (χ0v) is 11.0. The highest BCUT2D eigenvalue weighted by Gasteiger charge is 2.15. The Balaban J connectivity index is 1.87. The number of anilines is 2. The fourth-order valence-corrected chi connectivity index (χ4v) is 1.65. The van der Waals surface area contributed by atoms with E-state index in [-0.39, 0.29) is 18.8 Å². The topological polar surface area (TPSA) is 95.6 Å². The van der Waals surface area contributed by atoms with Gasteiger partial charge >= 0.3 is 6.01 Å². The molecular weight excluding hydrogens is 262 g/mol. The maximum Gasteiger partial charge on any atom is 0.328 e. The summed E-state index contributed by atoms with van der Waals surface area (Å²) in [6, 6.07) is 5.33. The van der Waals surface area contributed by atoms with E-state index in [1.807, 2.05) is 0 Å². The Labute approximate surface area is 115 Å². The molecule has 0 fully saturated rings. The third-order valence-corrected chi connectivity index (χ3v) is 2.57. The molecule has 1 aromatic heterocycles. The molecule has 0 amide bonds. The molecule has 0 saturated carbocycles. The predicted molar refractivity (Wildman–Crippen MR) is 71.2 cm³/mol. The van der Waals surface area contributed by atoms with Gasteiger partial charge in [-0.25, -0.2) is 0 Å². The molecule has 8 heteroatoms. The van der Waals surface area contributed by atoms with Crippen molar-refractivity contribution in [1.82, 2.24) is 15.0 Å². The van der Waals surface area contributed by atoms with Gasteiger partial charge in [0.2, 0.25) is 18.7 Å². The average molecular weight is 275 g/mol. The predicted octanol–water partition coefficient (Wildman–Crippen LogP) is 1.04. The number of nitrogen functional groups attached to an aromatic ring is 1. The van der Waals surface area contributed by atoms with Gasteiger partial charge in [0.05, 0.1) is 0 Å². The summed E-state index contributed by atoms with van der Waals surface area (Å²) >= 11 is 0. The SMILES string of the molecule is CN(C)c1nc(N)nc(Oc2ccc3c(c2)OCO3)n1. The third-order valence-electron chi connectivity index (χ3n) is 2.57. The molecule has 1 aromatic carbocycles. The van der Waals surface area contributed by atoms with Crippen LogP contribution in [0.15, 0.2) is 18.2 Å². The summed E-state index contributed by atoms with van der Waals surface area (Å²) in [5, 5.41) is 0. The van der Waals surface area contributed by atoms with Gasteiger partial charge in [0.15, 0.2) is 11.5 Å². The van der Waals surface area contributed by atoms with Crippen LogP contribution in [-0.2, 0) is 0 Å². The van der Waals surface area contributed by atoms with E-state index in [2.05, 4.69) is 15.0 Å². The van der Waals surface area contributed by atoms with E-state index < -0.39 is 0 Å². The highest BCUT2D eigenvalue weighted by atomic mass is 16.7. The van der Waals surface area contributed by atoms with Crippen LogP contribution in [0.2, 0.25) is 0 Å². The molecule has 0 aliphatic carbocycles. The summed E-state index contributed by atoms with van der Waals surface area (Å²) in [5.41, 5.74) is 5.63. The first-order valence-corrected chi connectivity index (χ1v) is 5.88. The Kier molecular flexibility index (Phi) is 2.90. The molecule has 104 valence electrons. The number of hydrogen-bond donors (Lipinski definition) is 1. The first-order chi connectivity index (χ1) is 9.61. The molecule has 0 bridgehead atoms. The first kappa shape index (κ1) is 12.3. The maximum atomic E-state index is 5.63. The Morgan fingerprint density at radius 1 is 1.15 bits per heavy atom. The van der Waals surface area contributed by atoms with Crippen LogP contribution in [0.3, 0.4) is 0 Å². The van der Waals surface area contributed by atoms with Gasteiger partial charge in [-0.3, -0.25) is 0 Å². The van der Waals surface area contributed by atoms with Crippen LogP contribution in [0.1, 0.15) is 0 Å². The van der Waals surface area contributed by atoms with E-state index in [1.54, 1.807) is 37.2 Å². The number of ether oxygens (including phenoxy) is 3. The Bertz CT molecular complexity index is 647. The number of rotatable bonds is 3. The van der Waals surface area contributed by atoms with Gasteiger partial charge in [0.25, 0.3) is 0 Å². The second kappa shape index (κ2) is 4.72. The summed E-state index contributed by atoms with van der Waals surface area (Å²) in [4.78, 5) is 13.8. The second-order valence-electron chi connectivity index (χ2n) is 4.29. The van der Waals surface area contributed by atoms with Crippen LogP contribution in [0.4, 0.5) is 11.9 Å². The molecule has 2 aromatic rings. The highest BCUT2D eigenvalue weighted by molar-refractivity contribution is 5.47. The van der Waals surface area contributed by atoms with Crippen LogP contribution < -0.4 is 24.8 Å². The lowest BCUT2D eigenvalue weighted by Crippen LogP contribution is -2.15. The van der Waals surface area contributed by atoms with Crippen molar-refractivity contribution in [3.05, 3.63) is 18.2 Å². The van der Waals surface area contributed by atoms with Gasteiger partial charge < -0.3 is 24.8 Å². The zero-order valence-electron chi connectivity index (χ0n) is 11.0. The fraction of sp³-hybridized carbons (Fsp3) is 0.250. The third kappa shape index (κ3) is 2.35. The van der Waals surface area contributed by atoms with Gasteiger partial charge in [0.1, 0.15) is 5.75 Å². The molecular formula is C12H13N5O3. The zero-order chi connectivity index (χ0) is 14.1. The summed E-state index contributed by atoms with van der Waals surface area (Å²) in [5.74, 6) is 2.36. The van der Waals surface area contributed by atoms with Crippen molar-refractivity contribution in [3.63, 3.8) is 0 Å². The van der Waals surface area contributed by atoms with Crippen LogP contribution in [0, 0.1) is 0 Å². The van der Waals surface area contributed by atoms with E-state index >= 15 is 0 Å². The van der Waals surface area contributed by atoms with Crippen LogP contribution in [0.5, 0.6) is 23.3 Å². The molecule has 1 aliphatic rings. The smallest absolute Gasteiger partial charge is 0.328 e. The van der Waals surface area contributed by atoms with Crippen molar-refractivity contribution in [1.29, 1.82) is 0 Å². The molecule has 0 atom stereocenters. The molecule has 3 rings (SSSR count). The van der Waals surface area contributed by atoms with Gasteiger partial charge in [-0.1, -0.05) is 0 Å². The maximum absolute atomic E-state index is 5.63. The second-order valence-corrected chi connectivity index (χ2v) is 4.29. The number of fused-ring (bicyclic) bond motifs is 1. The number of nitrogens with two attached hydrogens (primary N) is 1. The minimum atomic E-state index is 0.0967. The van der Waals surface area contributed by atoms with Crippen molar-refractivity contribution < 1.29 is 14.2 Å². The Morgan fingerprint density at radius 2 is 1.95 bits per heavy atom. The van der Waals surface area contributed by atoms with E-state index in [4.69, 9.17) is 19.9 Å². The summed E-state index contributed by atoms with van der Waals surface area (Å²) < 4.78 is 16.1. The van der Waals surface area contributed by atoms with Crippen LogP contribution in [0.25, 0.3) is 0 Å². The number of aromatic nitrogens is 3. The lowest BCUT2D eigenvalue weighted by atomic mass is 10.3. The molecule has 0 unspecified atom stereocenters. The van der Waals surface area contributed by atoms with Crippen LogP contribution in [-0.4, -0.2) is 35.8 Å². The quantitative estimate of drug-likeness (QED) is 0.887. The van der Waals surface area contributed by atoms with Crippen molar-refractivity contribution >= 4 is 11.9 Å². The number of nitrogens with zero attached hydrogens (tertiary/aromatic N) is 4. The molecule has 0 radical (unpaired) electrons. The van der Waals surface area contributed by atoms with E-state index in [9.17, 15) is 0 Å². The van der Waals surface area contributed by atoms with Gasteiger partial charge in [-0.05, 0) is 12.1 Å². The normalized spacial score (nSPS) is 12.3. The summed E-state index contributed by atoms with van der Waals surface area (Å²) in [6.07, 6.45) is 0. The highest BCUT2D eigenvalue weighted by Crippen LogP contribution is 2.36. The van der Waals surface area contributed by atoms with Crippen molar-refractivity contribution in [2.75, 3.05) is 31.5 Å². The van der Waals surface area contributed by atoms with E-state index in [0.717, 1.165) is 0 Å². The molecule has 1 aliphatic heterocycles. The minimum absolute atomic E-state index is 0.0967. The van der Waals surface area contributed by atoms with Gasteiger partial charge in [-0.15, -0.1) is 0 Å². The van der Waals surface area contributed by atoms with Crippen molar-refractivity contribution in [2.24, 2.45) is 0 Å². The number of hydrogen-bond acceptors (Lipinski definition) is 8. The minimum Gasteiger partial charge on any atom is -0.454 e. The first-order valence-electron chi connectivity index (χ1n) is 5.88. The molecule has 0 spiro atoms. The van der Waals surface area contributed by atoms with E-state index in [0.29, 0.717) is 23.2 Å². The standard InChI is InChI=1S/C12H13N5O3/c1-17(2)11-14-10(13)15-12(16-11)20-7-3-4-8-9(5-7)19-6-18-8/h3-5H,6H2,1-2H3,(H2,13,14,15,16). The van der Waals surface area contributed by atoms with Crippen molar-refractivity contribution in [3.8, 4) is 23.3 Å². The Hall–Kier alpha value is -2.77. The van der Waals surface area contributed by atoms with E-state index in [1.165, 1.54) is 0 Å².